The van der Waals surface area contributed by atoms with Gasteiger partial charge in [0.1, 0.15) is 0 Å². The van der Waals surface area contributed by atoms with Crippen LogP contribution < -0.4 is 0 Å². The average molecular weight is 313 g/mol. The standard InChI is InChI=1S/C13H23N5O2S/c1-17(9-6-7-10(19)11(20)8-9)13(21)5-3-4-12-14-15-16-18(12)2/h9-11,19-20H,3-8H2,1-2H3. The van der Waals surface area contributed by atoms with Gasteiger partial charge >= 0.3 is 0 Å². The molecule has 0 radical (unpaired) electrons. The lowest BCUT2D eigenvalue weighted by Crippen LogP contribution is -2.45. The SMILES string of the molecule is CN(C(=S)CCCc1nnnn1C)C1CCC(O)C(O)C1. The predicted molar refractivity (Wildman–Crippen MR) is 81.7 cm³/mol. The largest absolute Gasteiger partial charge is 0.390 e. The molecule has 3 atom stereocenters. The second-order valence-electron chi connectivity index (χ2n) is 5.68. The van der Waals surface area contributed by atoms with Crippen molar-refractivity contribution in [1.29, 1.82) is 0 Å². The number of thiocarbonyl (C=S) groups is 1. The minimum Gasteiger partial charge on any atom is -0.390 e. The lowest BCUT2D eigenvalue weighted by Gasteiger charge is -2.37. The number of aryl methyl sites for hydroxylation is 2. The number of aromatic nitrogens is 4. The number of aliphatic hydroxyl groups excluding tert-OH is 2. The topological polar surface area (TPSA) is 87.3 Å². The summed E-state index contributed by atoms with van der Waals surface area (Å²) in [7, 11) is 3.80. The van der Waals surface area contributed by atoms with Crippen LogP contribution in [0.25, 0.3) is 0 Å². The van der Waals surface area contributed by atoms with Gasteiger partial charge < -0.3 is 15.1 Å². The Labute approximate surface area is 129 Å². The Kier molecular flexibility index (Phi) is 5.60. The molecule has 0 saturated heterocycles. The summed E-state index contributed by atoms with van der Waals surface area (Å²) in [5, 5.41) is 30.7. The minimum absolute atomic E-state index is 0.215. The van der Waals surface area contributed by atoms with Crippen molar-refractivity contribution < 1.29 is 10.2 Å². The zero-order valence-corrected chi connectivity index (χ0v) is 13.3. The van der Waals surface area contributed by atoms with E-state index in [1.165, 1.54) is 0 Å². The molecule has 2 rings (SSSR count). The highest BCUT2D eigenvalue weighted by atomic mass is 32.1. The summed E-state index contributed by atoms with van der Waals surface area (Å²) >= 11 is 5.48. The van der Waals surface area contributed by atoms with Crippen LogP contribution >= 0.6 is 12.2 Å². The highest BCUT2D eigenvalue weighted by molar-refractivity contribution is 7.80. The fourth-order valence-electron chi connectivity index (χ4n) is 2.70. The second-order valence-corrected chi connectivity index (χ2v) is 6.15. The Bertz CT molecular complexity index is 481. The van der Waals surface area contributed by atoms with E-state index >= 15 is 0 Å². The Balaban J connectivity index is 1.76. The molecule has 1 aromatic heterocycles. The van der Waals surface area contributed by atoms with Crippen molar-refractivity contribution in [2.24, 2.45) is 7.05 Å². The van der Waals surface area contributed by atoms with Gasteiger partial charge in [0, 0.05) is 26.6 Å². The number of tetrazole rings is 1. The fourth-order valence-corrected chi connectivity index (χ4v) is 2.99. The molecule has 7 nitrogen and oxygen atoms in total. The lowest BCUT2D eigenvalue weighted by molar-refractivity contribution is -0.0263. The first-order chi connectivity index (χ1) is 9.99. The van der Waals surface area contributed by atoms with E-state index in [-0.39, 0.29) is 6.04 Å². The molecule has 0 aromatic carbocycles. The maximum atomic E-state index is 9.77. The van der Waals surface area contributed by atoms with Gasteiger partial charge in [0.05, 0.1) is 17.2 Å². The molecule has 8 heteroatoms. The van der Waals surface area contributed by atoms with Crippen molar-refractivity contribution >= 4 is 17.2 Å². The maximum absolute atomic E-state index is 9.77. The van der Waals surface area contributed by atoms with Crippen molar-refractivity contribution in [3.05, 3.63) is 5.82 Å². The third-order valence-electron chi connectivity index (χ3n) is 4.19. The van der Waals surface area contributed by atoms with Gasteiger partial charge in [-0.05, 0) is 42.5 Å². The molecule has 3 unspecified atom stereocenters. The van der Waals surface area contributed by atoms with Gasteiger partial charge in [-0.15, -0.1) is 5.10 Å². The third kappa shape index (κ3) is 4.18. The Morgan fingerprint density at radius 1 is 1.38 bits per heavy atom. The molecule has 0 amide bonds. The highest BCUT2D eigenvalue weighted by Gasteiger charge is 2.30. The second kappa shape index (κ2) is 7.24. The molecule has 1 heterocycles. The van der Waals surface area contributed by atoms with Crippen LogP contribution in [0.4, 0.5) is 0 Å². The fraction of sp³-hybridized carbons (Fsp3) is 0.846. The molecular weight excluding hydrogens is 290 g/mol. The molecule has 1 aromatic rings. The minimum atomic E-state index is -0.640. The summed E-state index contributed by atoms with van der Waals surface area (Å²) in [6.07, 6.45) is 3.33. The van der Waals surface area contributed by atoms with Gasteiger partial charge in [0.25, 0.3) is 0 Å². The predicted octanol–water partition coefficient (Wildman–Crippen LogP) is 0.0663. The van der Waals surface area contributed by atoms with Gasteiger partial charge in [0.15, 0.2) is 5.82 Å². The molecule has 1 fully saturated rings. The van der Waals surface area contributed by atoms with Crippen LogP contribution in [0.3, 0.4) is 0 Å². The van der Waals surface area contributed by atoms with Crippen LogP contribution in [0.15, 0.2) is 0 Å². The molecule has 1 aliphatic rings. The van der Waals surface area contributed by atoms with Gasteiger partial charge in [0.2, 0.25) is 0 Å². The highest BCUT2D eigenvalue weighted by Crippen LogP contribution is 2.23. The monoisotopic (exact) mass is 313 g/mol. The van der Waals surface area contributed by atoms with E-state index in [4.69, 9.17) is 12.2 Å². The molecular formula is C13H23N5O2S. The van der Waals surface area contributed by atoms with Crippen LogP contribution in [0, 0.1) is 0 Å². The Morgan fingerprint density at radius 3 is 2.76 bits per heavy atom. The Morgan fingerprint density at radius 2 is 2.14 bits per heavy atom. The van der Waals surface area contributed by atoms with Crippen molar-refractivity contribution in [2.45, 2.75) is 56.8 Å². The first kappa shape index (κ1) is 16.3. The smallest absolute Gasteiger partial charge is 0.150 e. The number of hydrogen-bond acceptors (Lipinski definition) is 6. The molecule has 1 saturated carbocycles. The van der Waals surface area contributed by atoms with Crippen molar-refractivity contribution in [1.82, 2.24) is 25.1 Å². The molecule has 0 spiro atoms. The van der Waals surface area contributed by atoms with Crippen molar-refractivity contribution in [3.8, 4) is 0 Å². The van der Waals surface area contributed by atoms with E-state index in [9.17, 15) is 10.2 Å². The molecule has 118 valence electrons. The van der Waals surface area contributed by atoms with E-state index < -0.39 is 12.2 Å². The summed E-state index contributed by atoms with van der Waals surface area (Å²) in [4.78, 5) is 2.96. The van der Waals surface area contributed by atoms with E-state index in [0.717, 1.165) is 36.5 Å². The Hall–Kier alpha value is -1.12. The molecule has 0 bridgehead atoms. The van der Waals surface area contributed by atoms with E-state index in [1.807, 2.05) is 14.1 Å². The van der Waals surface area contributed by atoms with Crippen molar-refractivity contribution in [2.75, 3.05) is 7.05 Å². The first-order valence-electron chi connectivity index (χ1n) is 7.32. The van der Waals surface area contributed by atoms with Crippen molar-refractivity contribution in [3.63, 3.8) is 0 Å². The molecule has 1 aliphatic carbocycles. The van der Waals surface area contributed by atoms with Gasteiger partial charge in [-0.1, -0.05) is 12.2 Å². The number of rotatable bonds is 5. The molecule has 21 heavy (non-hydrogen) atoms. The van der Waals surface area contributed by atoms with Crippen LogP contribution in [-0.2, 0) is 13.5 Å². The van der Waals surface area contributed by atoms with Gasteiger partial charge in [-0.2, -0.15) is 0 Å². The van der Waals surface area contributed by atoms with Crippen LogP contribution in [0.5, 0.6) is 0 Å². The summed E-state index contributed by atoms with van der Waals surface area (Å²) in [6, 6.07) is 0.215. The number of aliphatic hydroxyl groups is 2. The summed E-state index contributed by atoms with van der Waals surface area (Å²) in [5.41, 5.74) is 0. The first-order valence-corrected chi connectivity index (χ1v) is 7.73. The third-order valence-corrected chi connectivity index (χ3v) is 4.69. The number of nitrogens with zero attached hydrogens (tertiary/aromatic N) is 5. The summed E-state index contributed by atoms with van der Waals surface area (Å²) < 4.78 is 1.67. The quantitative estimate of drug-likeness (QED) is 0.744. The van der Waals surface area contributed by atoms with Crippen LogP contribution in [-0.4, -0.2) is 65.6 Å². The average Bonchev–Trinajstić information content (AvgIpc) is 2.86. The zero-order chi connectivity index (χ0) is 15.4. The van der Waals surface area contributed by atoms with Gasteiger partial charge in [-0.25, -0.2) is 4.68 Å². The lowest BCUT2D eigenvalue weighted by atomic mass is 9.89. The summed E-state index contributed by atoms with van der Waals surface area (Å²) in [5.74, 6) is 0.858. The normalized spacial score (nSPS) is 25.8. The van der Waals surface area contributed by atoms with Gasteiger partial charge in [-0.3, -0.25) is 0 Å². The summed E-state index contributed by atoms with van der Waals surface area (Å²) in [6.45, 7) is 0. The zero-order valence-electron chi connectivity index (χ0n) is 12.5. The van der Waals surface area contributed by atoms with E-state index in [0.29, 0.717) is 12.8 Å². The molecule has 2 N–H and O–H groups in total. The number of hydrogen-bond donors (Lipinski definition) is 2. The maximum Gasteiger partial charge on any atom is 0.150 e. The molecule has 0 aliphatic heterocycles. The van der Waals surface area contributed by atoms with E-state index in [1.54, 1.807) is 4.68 Å². The van der Waals surface area contributed by atoms with Crippen LogP contribution in [0.2, 0.25) is 0 Å². The van der Waals surface area contributed by atoms with E-state index in [2.05, 4.69) is 20.4 Å². The van der Waals surface area contributed by atoms with Crippen LogP contribution in [0.1, 0.15) is 37.9 Å².